The van der Waals surface area contributed by atoms with Crippen molar-refractivity contribution in [3.63, 3.8) is 0 Å². The summed E-state index contributed by atoms with van der Waals surface area (Å²) in [5, 5.41) is 61.8. The number of hydrogen-bond donors (Lipinski definition) is 5. The van der Waals surface area contributed by atoms with Crippen molar-refractivity contribution < 1.29 is 54.0 Å². The fourth-order valence-electron chi connectivity index (χ4n) is 4.07. The van der Waals surface area contributed by atoms with Gasteiger partial charge < -0.3 is 49.2 Å². The first-order valence-electron chi connectivity index (χ1n) is 11.9. The zero-order valence-corrected chi connectivity index (χ0v) is 20.1. The second-order valence-corrected chi connectivity index (χ2v) is 9.07. The molecule has 2 heterocycles. The summed E-state index contributed by atoms with van der Waals surface area (Å²) in [7, 11) is 0. The standard InChI is InChI=1S/C26H29NO11/c27-11-17(15-7-3-1-4-8-15)37-24-21(30)20(29)19(28)18(38-24)12-34-25-22(31)26(33,14-36-25)13-35-23(32)16-9-5-2-6-10-16/h1-10,17-22,24-25,28-31,33H,12-14H2. The van der Waals surface area contributed by atoms with Crippen molar-refractivity contribution in [2.24, 2.45) is 0 Å². The minimum absolute atomic E-state index is 0.268. The number of nitrogens with zero attached hydrogens (tertiary/aromatic N) is 1. The second kappa shape index (κ2) is 12.3. The molecule has 0 spiro atoms. The fourth-order valence-corrected chi connectivity index (χ4v) is 4.07. The van der Waals surface area contributed by atoms with Crippen molar-refractivity contribution >= 4 is 5.97 Å². The highest BCUT2D eigenvalue weighted by molar-refractivity contribution is 5.89. The Labute approximate surface area is 218 Å². The fraction of sp³-hybridized carbons (Fsp3) is 0.462. The molecule has 0 amide bonds. The number of esters is 1. The molecule has 2 aliphatic heterocycles. The highest BCUT2D eigenvalue weighted by Gasteiger charge is 2.51. The van der Waals surface area contributed by atoms with Crippen LogP contribution >= 0.6 is 0 Å². The van der Waals surface area contributed by atoms with Crippen LogP contribution < -0.4 is 0 Å². The van der Waals surface area contributed by atoms with Gasteiger partial charge in [-0.2, -0.15) is 5.26 Å². The van der Waals surface area contributed by atoms with Crippen LogP contribution in [0.25, 0.3) is 0 Å². The third-order valence-electron chi connectivity index (χ3n) is 6.35. The van der Waals surface area contributed by atoms with Gasteiger partial charge in [-0.1, -0.05) is 48.5 Å². The Bertz CT molecular complexity index is 1100. The van der Waals surface area contributed by atoms with Gasteiger partial charge in [-0.05, 0) is 17.7 Å². The molecular weight excluding hydrogens is 502 g/mol. The Kier molecular flexibility index (Phi) is 9.06. The van der Waals surface area contributed by atoms with Crippen LogP contribution in [0.15, 0.2) is 60.7 Å². The van der Waals surface area contributed by atoms with E-state index in [4.69, 9.17) is 23.7 Å². The maximum absolute atomic E-state index is 12.2. The van der Waals surface area contributed by atoms with Gasteiger partial charge in [-0.15, -0.1) is 0 Å². The molecule has 2 aliphatic rings. The zero-order valence-electron chi connectivity index (χ0n) is 20.1. The van der Waals surface area contributed by atoms with Crippen molar-refractivity contribution in [2.45, 2.75) is 54.8 Å². The van der Waals surface area contributed by atoms with Gasteiger partial charge in [0.05, 0.1) is 24.8 Å². The number of carbonyl (C=O) groups excluding carboxylic acids is 1. The molecule has 2 fully saturated rings. The number of benzene rings is 2. The summed E-state index contributed by atoms with van der Waals surface area (Å²) in [6, 6.07) is 18.5. The number of aliphatic hydroxyl groups excluding tert-OH is 4. The van der Waals surface area contributed by atoms with Crippen molar-refractivity contribution in [1.29, 1.82) is 5.26 Å². The summed E-state index contributed by atoms with van der Waals surface area (Å²) in [5.41, 5.74) is -1.20. The Hall–Kier alpha value is -2.96. The maximum Gasteiger partial charge on any atom is 0.338 e. The third kappa shape index (κ3) is 6.19. The highest BCUT2D eigenvalue weighted by atomic mass is 16.7. The summed E-state index contributed by atoms with van der Waals surface area (Å²) in [6.45, 7) is -1.43. The maximum atomic E-state index is 12.2. The van der Waals surface area contributed by atoms with Gasteiger partial charge in [-0.3, -0.25) is 0 Å². The van der Waals surface area contributed by atoms with E-state index in [1.54, 1.807) is 48.5 Å². The first-order chi connectivity index (χ1) is 18.2. The van der Waals surface area contributed by atoms with Gasteiger partial charge in [0.2, 0.25) is 0 Å². The van der Waals surface area contributed by atoms with Gasteiger partial charge in [0.1, 0.15) is 37.1 Å². The third-order valence-corrected chi connectivity index (χ3v) is 6.35. The molecule has 12 nitrogen and oxygen atoms in total. The smallest absolute Gasteiger partial charge is 0.338 e. The van der Waals surface area contributed by atoms with E-state index in [0.717, 1.165) is 0 Å². The Morgan fingerprint density at radius 2 is 1.66 bits per heavy atom. The molecule has 2 aromatic rings. The molecule has 0 saturated carbocycles. The number of ether oxygens (including phenoxy) is 5. The summed E-state index contributed by atoms with van der Waals surface area (Å²) >= 11 is 0. The molecule has 4 rings (SSSR count). The lowest BCUT2D eigenvalue weighted by molar-refractivity contribution is -0.315. The van der Waals surface area contributed by atoms with E-state index in [-0.39, 0.29) is 5.56 Å². The largest absolute Gasteiger partial charge is 0.459 e. The van der Waals surface area contributed by atoms with E-state index >= 15 is 0 Å². The molecule has 38 heavy (non-hydrogen) atoms. The van der Waals surface area contributed by atoms with Crippen LogP contribution in [0.4, 0.5) is 0 Å². The summed E-state index contributed by atoms with van der Waals surface area (Å²) in [4.78, 5) is 12.2. The Morgan fingerprint density at radius 1 is 1.00 bits per heavy atom. The van der Waals surface area contributed by atoms with E-state index in [2.05, 4.69) is 0 Å². The summed E-state index contributed by atoms with van der Waals surface area (Å²) < 4.78 is 27.1. The second-order valence-electron chi connectivity index (χ2n) is 9.07. The number of nitriles is 1. The normalized spacial score (nSPS) is 33.8. The van der Waals surface area contributed by atoms with Crippen LogP contribution in [0.1, 0.15) is 22.0 Å². The molecule has 0 aliphatic carbocycles. The molecule has 9 unspecified atom stereocenters. The predicted molar refractivity (Wildman–Crippen MR) is 126 cm³/mol. The summed E-state index contributed by atoms with van der Waals surface area (Å²) in [5.74, 6) is -0.695. The number of carbonyl (C=O) groups is 1. The van der Waals surface area contributed by atoms with Crippen LogP contribution in [0.2, 0.25) is 0 Å². The molecule has 0 bridgehead atoms. The Balaban J connectivity index is 1.33. The average Bonchev–Trinajstić information content (AvgIpc) is 3.23. The quantitative estimate of drug-likeness (QED) is 0.259. The van der Waals surface area contributed by atoms with Crippen LogP contribution in [0, 0.1) is 11.3 Å². The van der Waals surface area contributed by atoms with E-state index in [0.29, 0.717) is 5.56 Å². The molecule has 2 aromatic carbocycles. The van der Waals surface area contributed by atoms with Gasteiger partial charge in [-0.25, -0.2) is 4.79 Å². The van der Waals surface area contributed by atoms with Crippen molar-refractivity contribution in [3.8, 4) is 6.07 Å². The molecule has 9 atom stereocenters. The SMILES string of the molecule is N#CC(OC1OC(COC2OCC(O)(COC(=O)c3ccccc3)C2O)C(O)C(O)C1O)c1ccccc1. The highest BCUT2D eigenvalue weighted by Crippen LogP contribution is 2.30. The van der Waals surface area contributed by atoms with E-state index in [1.807, 2.05) is 6.07 Å². The minimum atomic E-state index is -1.96. The van der Waals surface area contributed by atoms with Gasteiger partial charge in [0, 0.05) is 0 Å². The topological polar surface area (TPSA) is 188 Å². The first-order valence-corrected chi connectivity index (χ1v) is 11.9. The van der Waals surface area contributed by atoms with Gasteiger partial charge >= 0.3 is 5.97 Å². The van der Waals surface area contributed by atoms with Crippen molar-refractivity contribution in [3.05, 3.63) is 71.8 Å². The van der Waals surface area contributed by atoms with Crippen molar-refractivity contribution in [1.82, 2.24) is 0 Å². The van der Waals surface area contributed by atoms with Crippen molar-refractivity contribution in [2.75, 3.05) is 19.8 Å². The molecule has 12 heteroatoms. The zero-order chi connectivity index (χ0) is 27.3. The minimum Gasteiger partial charge on any atom is -0.459 e. The van der Waals surface area contributed by atoms with Gasteiger partial charge in [0.15, 0.2) is 24.3 Å². The monoisotopic (exact) mass is 531 g/mol. The van der Waals surface area contributed by atoms with E-state index < -0.39 is 80.6 Å². The van der Waals surface area contributed by atoms with Crippen LogP contribution in [-0.4, -0.2) is 100 Å². The number of rotatable bonds is 9. The van der Waals surface area contributed by atoms with Crippen LogP contribution in [0.3, 0.4) is 0 Å². The molecule has 204 valence electrons. The molecule has 5 N–H and O–H groups in total. The predicted octanol–water partition coefficient (Wildman–Crippen LogP) is -0.603. The molecule has 0 aromatic heterocycles. The summed E-state index contributed by atoms with van der Waals surface area (Å²) in [6.07, 6.45) is -11.9. The Morgan fingerprint density at radius 3 is 2.32 bits per heavy atom. The molecule has 2 saturated heterocycles. The first kappa shape index (κ1) is 28.1. The molecular formula is C26H29NO11. The van der Waals surface area contributed by atoms with E-state index in [1.165, 1.54) is 12.1 Å². The number of hydrogen-bond acceptors (Lipinski definition) is 12. The lowest BCUT2D eigenvalue weighted by Gasteiger charge is -2.41. The number of aliphatic hydroxyl groups is 5. The van der Waals surface area contributed by atoms with E-state index in [9.17, 15) is 35.6 Å². The molecule has 0 radical (unpaired) electrons. The lowest BCUT2D eigenvalue weighted by Crippen LogP contribution is -2.59. The lowest BCUT2D eigenvalue weighted by atomic mass is 9.99. The average molecular weight is 532 g/mol. The van der Waals surface area contributed by atoms with Crippen LogP contribution in [0.5, 0.6) is 0 Å². The van der Waals surface area contributed by atoms with Gasteiger partial charge in [0.25, 0.3) is 0 Å². The van der Waals surface area contributed by atoms with Crippen LogP contribution in [-0.2, 0) is 23.7 Å².